The Morgan fingerprint density at radius 2 is 2.06 bits per heavy atom. The van der Waals surface area contributed by atoms with Gasteiger partial charge in [0, 0.05) is 18.1 Å². The van der Waals surface area contributed by atoms with Crippen LogP contribution in [0.15, 0.2) is 0 Å². The number of hydrogen-bond acceptors (Lipinski definition) is 2. The van der Waals surface area contributed by atoms with E-state index >= 15 is 0 Å². The highest BCUT2D eigenvalue weighted by Crippen LogP contribution is 2.21. The van der Waals surface area contributed by atoms with Crippen LogP contribution in [0.4, 0.5) is 0 Å². The highest BCUT2D eigenvalue weighted by molar-refractivity contribution is 4.78. The predicted molar refractivity (Wildman–Crippen MR) is 76.4 cm³/mol. The molecule has 1 fully saturated rings. The highest BCUT2D eigenvalue weighted by atomic mass is 15.2. The van der Waals surface area contributed by atoms with Crippen LogP contribution in [0.3, 0.4) is 0 Å². The van der Waals surface area contributed by atoms with E-state index in [1.54, 1.807) is 0 Å². The van der Waals surface area contributed by atoms with Gasteiger partial charge < -0.3 is 10.2 Å². The Bertz CT molecular complexity index is 207. The largest absolute Gasteiger partial charge is 0.312 e. The summed E-state index contributed by atoms with van der Waals surface area (Å²) in [6.07, 6.45) is 5.46. The first-order valence-electron chi connectivity index (χ1n) is 7.41. The standard InChI is InChI=1S/C15H32N2/c1-6-14-8-7-11-17(12-14)13(2)9-10-16-15(3,4)5/h13-14,16H,6-12H2,1-5H3. The maximum Gasteiger partial charge on any atom is 0.00965 e. The van der Waals surface area contributed by atoms with Gasteiger partial charge in [0.2, 0.25) is 0 Å². The summed E-state index contributed by atoms with van der Waals surface area (Å²) in [4.78, 5) is 2.70. The number of nitrogens with one attached hydrogen (secondary N) is 1. The molecule has 0 aromatic carbocycles. The quantitative estimate of drug-likeness (QED) is 0.793. The highest BCUT2D eigenvalue weighted by Gasteiger charge is 2.22. The van der Waals surface area contributed by atoms with Gasteiger partial charge in [-0.1, -0.05) is 13.3 Å². The second-order valence-corrected chi connectivity index (χ2v) is 6.73. The SMILES string of the molecule is CCC1CCCN(C(C)CCNC(C)(C)C)C1. The number of nitrogens with zero attached hydrogens (tertiary/aromatic N) is 1. The molecule has 1 rings (SSSR count). The first kappa shape index (κ1) is 15.0. The Kier molecular flexibility index (Phi) is 5.94. The fourth-order valence-corrected chi connectivity index (χ4v) is 2.67. The topological polar surface area (TPSA) is 15.3 Å². The zero-order valence-corrected chi connectivity index (χ0v) is 12.6. The van der Waals surface area contributed by atoms with Crippen molar-refractivity contribution in [2.75, 3.05) is 19.6 Å². The molecule has 1 aliphatic heterocycles. The molecule has 0 aliphatic carbocycles. The van der Waals surface area contributed by atoms with Crippen molar-refractivity contribution < 1.29 is 0 Å². The van der Waals surface area contributed by atoms with Crippen LogP contribution in [0, 0.1) is 5.92 Å². The zero-order chi connectivity index (χ0) is 12.9. The van der Waals surface area contributed by atoms with Crippen LogP contribution in [0.25, 0.3) is 0 Å². The van der Waals surface area contributed by atoms with Crippen LogP contribution in [0.5, 0.6) is 0 Å². The second kappa shape index (κ2) is 6.75. The van der Waals surface area contributed by atoms with Gasteiger partial charge in [-0.2, -0.15) is 0 Å². The Labute approximate surface area is 108 Å². The predicted octanol–water partition coefficient (Wildman–Crippen LogP) is 3.28. The average molecular weight is 240 g/mol. The summed E-state index contributed by atoms with van der Waals surface area (Å²) in [7, 11) is 0. The Hall–Kier alpha value is -0.0800. The maximum absolute atomic E-state index is 3.59. The molecule has 2 atom stereocenters. The van der Waals surface area contributed by atoms with Crippen LogP contribution >= 0.6 is 0 Å². The van der Waals surface area contributed by atoms with Crippen molar-refractivity contribution in [3.8, 4) is 0 Å². The molecule has 0 radical (unpaired) electrons. The van der Waals surface area contributed by atoms with E-state index in [0.717, 1.165) is 18.5 Å². The lowest BCUT2D eigenvalue weighted by atomic mass is 9.94. The van der Waals surface area contributed by atoms with Gasteiger partial charge >= 0.3 is 0 Å². The van der Waals surface area contributed by atoms with Gasteiger partial charge in [0.15, 0.2) is 0 Å². The summed E-state index contributed by atoms with van der Waals surface area (Å²) in [6.45, 7) is 15.2. The van der Waals surface area contributed by atoms with Crippen LogP contribution in [0.2, 0.25) is 0 Å². The van der Waals surface area contributed by atoms with Crippen molar-refractivity contribution >= 4 is 0 Å². The zero-order valence-electron chi connectivity index (χ0n) is 12.6. The number of hydrogen-bond donors (Lipinski definition) is 1. The number of likely N-dealkylation sites (tertiary alicyclic amines) is 1. The van der Waals surface area contributed by atoms with E-state index in [1.165, 1.54) is 38.8 Å². The third kappa shape index (κ3) is 5.87. The van der Waals surface area contributed by atoms with Crippen molar-refractivity contribution in [3.05, 3.63) is 0 Å². The fraction of sp³-hybridized carbons (Fsp3) is 1.00. The summed E-state index contributed by atoms with van der Waals surface area (Å²) in [5.41, 5.74) is 0.258. The summed E-state index contributed by atoms with van der Waals surface area (Å²) in [5.74, 6) is 0.946. The summed E-state index contributed by atoms with van der Waals surface area (Å²) >= 11 is 0. The minimum absolute atomic E-state index is 0.258. The molecule has 0 saturated carbocycles. The molecule has 0 bridgehead atoms. The summed E-state index contributed by atoms with van der Waals surface area (Å²) in [5, 5.41) is 3.59. The maximum atomic E-state index is 3.59. The molecule has 102 valence electrons. The molecule has 2 heteroatoms. The third-order valence-electron chi connectivity index (χ3n) is 3.97. The van der Waals surface area contributed by atoms with E-state index in [9.17, 15) is 0 Å². The van der Waals surface area contributed by atoms with Gasteiger partial charge in [0.1, 0.15) is 0 Å². The molecule has 0 aromatic rings. The molecule has 0 aromatic heterocycles. The molecule has 2 nitrogen and oxygen atoms in total. The molecule has 2 unspecified atom stereocenters. The molecule has 1 saturated heterocycles. The van der Waals surface area contributed by atoms with E-state index in [-0.39, 0.29) is 5.54 Å². The Morgan fingerprint density at radius 3 is 2.65 bits per heavy atom. The van der Waals surface area contributed by atoms with Gasteiger partial charge in [-0.3, -0.25) is 0 Å². The first-order valence-corrected chi connectivity index (χ1v) is 7.41. The Morgan fingerprint density at radius 1 is 1.35 bits per heavy atom. The van der Waals surface area contributed by atoms with Crippen molar-refractivity contribution in [2.24, 2.45) is 5.92 Å². The van der Waals surface area contributed by atoms with Crippen molar-refractivity contribution in [1.29, 1.82) is 0 Å². The van der Waals surface area contributed by atoms with Gasteiger partial charge in [-0.25, -0.2) is 0 Å². The van der Waals surface area contributed by atoms with Crippen LogP contribution in [0.1, 0.15) is 60.3 Å². The number of rotatable bonds is 5. The monoisotopic (exact) mass is 240 g/mol. The Balaban J connectivity index is 2.24. The van der Waals surface area contributed by atoms with E-state index in [1.807, 2.05) is 0 Å². The number of piperidine rings is 1. The van der Waals surface area contributed by atoms with E-state index in [2.05, 4.69) is 44.8 Å². The molecule has 17 heavy (non-hydrogen) atoms. The van der Waals surface area contributed by atoms with Gasteiger partial charge in [0.25, 0.3) is 0 Å². The molecule has 0 amide bonds. The lowest BCUT2D eigenvalue weighted by molar-refractivity contribution is 0.123. The molecule has 1 N–H and O–H groups in total. The lowest BCUT2D eigenvalue weighted by Crippen LogP contribution is -2.44. The minimum Gasteiger partial charge on any atom is -0.312 e. The smallest absolute Gasteiger partial charge is 0.00965 e. The van der Waals surface area contributed by atoms with Crippen molar-refractivity contribution in [3.63, 3.8) is 0 Å². The lowest BCUT2D eigenvalue weighted by Gasteiger charge is -2.37. The average Bonchev–Trinajstić information content (AvgIpc) is 2.27. The van der Waals surface area contributed by atoms with Crippen LogP contribution < -0.4 is 5.32 Å². The first-order chi connectivity index (χ1) is 7.92. The molecular weight excluding hydrogens is 208 g/mol. The normalized spacial score (nSPS) is 24.9. The molecule has 0 spiro atoms. The van der Waals surface area contributed by atoms with Gasteiger partial charge in [0.05, 0.1) is 0 Å². The fourth-order valence-electron chi connectivity index (χ4n) is 2.67. The van der Waals surface area contributed by atoms with Crippen LogP contribution in [-0.4, -0.2) is 36.1 Å². The molecule has 1 heterocycles. The van der Waals surface area contributed by atoms with Gasteiger partial charge in [-0.15, -0.1) is 0 Å². The van der Waals surface area contributed by atoms with E-state index in [4.69, 9.17) is 0 Å². The second-order valence-electron chi connectivity index (χ2n) is 6.73. The molecule has 1 aliphatic rings. The summed E-state index contributed by atoms with van der Waals surface area (Å²) < 4.78 is 0. The van der Waals surface area contributed by atoms with E-state index < -0.39 is 0 Å². The summed E-state index contributed by atoms with van der Waals surface area (Å²) in [6, 6.07) is 0.735. The van der Waals surface area contributed by atoms with E-state index in [0.29, 0.717) is 0 Å². The minimum atomic E-state index is 0.258. The molecular formula is C15H32N2. The van der Waals surface area contributed by atoms with Crippen LogP contribution in [-0.2, 0) is 0 Å². The van der Waals surface area contributed by atoms with Crippen molar-refractivity contribution in [2.45, 2.75) is 71.9 Å². The van der Waals surface area contributed by atoms with Gasteiger partial charge in [-0.05, 0) is 66.0 Å². The third-order valence-corrected chi connectivity index (χ3v) is 3.97. The van der Waals surface area contributed by atoms with Crippen molar-refractivity contribution in [1.82, 2.24) is 10.2 Å².